The molecule has 0 saturated heterocycles. The summed E-state index contributed by atoms with van der Waals surface area (Å²) in [7, 11) is 0. The molecule has 3 aromatic rings. The molecule has 2 aromatic carbocycles. The van der Waals surface area contributed by atoms with Gasteiger partial charge in [0.2, 0.25) is 0 Å². The van der Waals surface area contributed by atoms with Gasteiger partial charge < -0.3 is 9.88 Å². The molecule has 0 aliphatic heterocycles. The standard InChI is InChI=1S/C17H13F2N3O/c18-15-6-5-14(9-16(15)19)21-17(23)13-3-1-12(2-4-13)10-22-8-7-20-11-22/h1-9,11H,10H2,(H,21,23). The number of rotatable bonds is 4. The molecule has 6 heteroatoms. The zero-order valence-corrected chi connectivity index (χ0v) is 12.0. The number of benzene rings is 2. The van der Waals surface area contributed by atoms with Gasteiger partial charge in [0, 0.05) is 36.3 Å². The van der Waals surface area contributed by atoms with Crippen LogP contribution in [0, 0.1) is 11.6 Å². The fourth-order valence-corrected chi connectivity index (χ4v) is 2.13. The maximum atomic E-state index is 13.1. The molecule has 0 radical (unpaired) electrons. The highest BCUT2D eigenvalue weighted by Crippen LogP contribution is 2.15. The summed E-state index contributed by atoms with van der Waals surface area (Å²) in [5.41, 5.74) is 1.66. The predicted octanol–water partition coefficient (Wildman–Crippen LogP) is 3.46. The highest BCUT2D eigenvalue weighted by atomic mass is 19.2. The topological polar surface area (TPSA) is 46.9 Å². The fraction of sp³-hybridized carbons (Fsp3) is 0.0588. The lowest BCUT2D eigenvalue weighted by molar-refractivity contribution is 0.102. The molecule has 0 bridgehead atoms. The predicted molar refractivity (Wildman–Crippen MR) is 82.1 cm³/mol. The van der Waals surface area contributed by atoms with Crippen molar-refractivity contribution >= 4 is 11.6 Å². The van der Waals surface area contributed by atoms with E-state index in [0.717, 1.165) is 17.7 Å². The highest BCUT2D eigenvalue weighted by molar-refractivity contribution is 6.04. The minimum Gasteiger partial charge on any atom is -0.333 e. The summed E-state index contributed by atoms with van der Waals surface area (Å²) in [6, 6.07) is 10.3. The van der Waals surface area contributed by atoms with Crippen molar-refractivity contribution in [3.05, 3.63) is 83.9 Å². The molecule has 1 heterocycles. The van der Waals surface area contributed by atoms with Crippen LogP contribution in [-0.4, -0.2) is 15.5 Å². The van der Waals surface area contributed by atoms with E-state index in [1.807, 2.05) is 22.9 Å². The molecular weight excluding hydrogens is 300 g/mol. The summed E-state index contributed by atoms with van der Waals surface area (Å²) >= 11 is 0. The number of halogens is 2. The molecule has 1 N–H and O–H groups in total. The van der Waals surface area contributed by atoms with Crippen LogP contribution in [0.5, 0.6) is 0 Å². The Labute approximate surface area is 131 Å². The monoisotopic (exact) mass is 313 g/mol. The normalized spacial score (nSPS) is 10.5. The molecule has 23 heavy (non-hydrogen) atoms. The van der Waals surface area contributed by atoms with E-state index in [1.165, 1.54) is 6.07 Å². The Morgan fingerprint density at radius 3 is 2.52 bits per heavy atom. The van der Waals surface area contributed by atoms with Crippen molar-refractivity contribution in [2.45, 2.75) is 6.54 Å². The first-order valence-corrected chi connectivity index (χ1v) is 6.93. The second-order valence-electron chi connectivity index (χ2n) is 5.01. The van der Waals surface area contributed by atoms with Crippen LogP contribution in [-0.2, 0) is 6.54 Å². The lowest BCUT2D eigenvalue weighted by Crippen LogP contribution is -2.12. The van der Waals surface area contributed by atoms with E-state index in [0.29, 0.717) is 12.1 Å². The van der Waals surface area contributed by atoms with E-state index in [1.54, 1.807) is 24.7 Å². The van der Waals surface area contributed by atoms with Gasteiger partial charge in [-0.2, -0.15) is 0 Å². The van der Waals surface area contributed by atoms with Gasteiger partial charge in [-0.3, -0.25) is 4.79 Å². The van der Waals surface area contributed by atoms with Gasteiger partial charge in [0.1, 0.15) is 0 Å². The number of imidazole rings is 1. The van der Waals surface area contributed by atoms with Crippen molar-refractivity contribution in [3.63, 3.8) is 0 Å². The number of carbonyl (C=O) groups excluding carboxylic acids is 1. The third-order valence-corrected chi connectivity index (χ3v) is 3.32. The maximum absolute atomic E-state index is 13.1. The van der Waals surface area contributed by atoms with E-state index in [2.05, 4.69) is 10.3 Å². The number of nitrogens with zero attached hydrogens (tertiary/aromatic N) is 2. The first-order chi connectivity index (χ1) is 11.1. The molecular formula is C17H13F2N3O. The number of anilines is 1. The molecule has 0 spiro atoms. The van der Waals surface area contributed by atoms with Crippen LogP contribution in [0.2, 0.25) is 0 Å². The third-order valence-electron chi connectivity index (χ3n) is 3.32. The Morgan fingerprint density at radius 2 is 1.87 bits per heavy atom. The van der Waals surface area contributed by atoms with Gasteiger partial charge in [0.15, 0.2) is 11.6 Å². The molecule has 0 aliphatic rings. The first kappa shape index (κ1) is 14.9. The third kappa shape index (κ3) is 3.60. The summed E-state index contributed by atoms with van der Waals surface area (Å²) in [6.07, 6.45) is 5.26. The average Bonchev–Trinajstić information content (AvgIpc) is 3.04. The highest BCUT2D eigenvalue weighted by Gasteiger charge is 2.08. The number of aromatic nitrogens is 2. The van der Waals surface area contributed by atoms with Crippen LogP contribution >= 0.6 is 0 Å². The van der Waals surface area contributed by atoms with Gasteiger partial charge in [-0.25, -0.2) is 13.8 Å². The van der Waals surface area contributed by atoms with Gasteiger partial charge in [-0.05, 0) is 29.8 Å². The summed E-state index contributed by atoms with van der Waals surface area (Å²) < 4.78 is 27.9. The van der Waals surface area contributed by atoms with Crippen LogP contribution in [0.4, 0.5) is 14.5 Å². The molecule has 3 rings (SSSR count). The van der Waals surface area contributed by atoms with E-state index < -0.39 is 11.6 Å². The van der Waals surface area contributed by atoms with Crippen LogP contribution in [0.15, 0.2) is 61.2 Å². The summed E-state index contributed by atoms with van der Waals surface area (Å²) in [4.78, 5) is 16.1. The lowest BCUT2D eigenvalue weighted by atomic mass is 10.1. The van der Waals surface area contributed by atoms with Gasteiger partial charge in [-0.1, -0.05) is 12.1 Å². The minimum atomic E-state index is -1.00. The van der Waals surface area contributed by atoms with Gasteiger partial charge >= 0.3 is 0 Å². The van der Waals surface area contributed by atoms with E-state index in [-0.39, 0.29) is 11.6 Å². The number of nitrogens with one attached hydrogen (secondary N) is 1. The molecule has 0 saturated carbocycles. The summed E-state index contributed by atoms with van der Waals surface area (Å²) in [6.45, 7) is 0.658. The minimum absolute atomic E-state index is 0.205. The average molecular weight is 313 g/mol. The quantitative estimate of drug-likeness (QED) is 0.802. The molecule has 0 atom stereocenters. The molecule has 1 amide bonds. The maximum Gasteiger partial charge on any atom is 0.255 e. The van der Waals surface area contributed by atoms with Crippen LogP contribution in [0.25, 0.3) is 0 Å². The number of hydrogen-bond donors (Lipinski definition) is 1. The lowest BCUT2D eigenvalue weighted by Gasteiger charge is -2.07. The Bertz CT molecular complexity index is 814. The number of carbonyl (C=O) groups is 1. The second-order valence-corrected chi connectivity index (χ2v) is 5.01. The van der Waals surface area contributed by atoms with E-state index in [4.69, 9.17) is 0 Å². The van der Waals surface area contributed by atoms with Crippen molar-refractivity contribution in [2.75, 3.05) is 5.32 Å². The van der Waals surface area contributed by atoms with Gasteiger partial charge in [0.05, 0.1) is 6.33 Å². The van der Waals surface area contributed by atoms with E-state index in [9.17, 15) is 13.6 Å². The van der Waals surface area contributed by atoms with Crippen LogP contribution in [0.3, 0.4) is 0 Å². The van der Waals surface area contributed by atoms with Crippen molar-refractivity contribution in [1.29, 1.82) is 0 Å². The van der Waals surface area contributed by atoms with Crippen molar-refractivity contribution in [1.82, 2.24) is 9.55 Å². The molecule has 0 aliphatic carbocycles. The van der Waals surface area contributed by atoms with Crippen molar-refractivity contribution in [3.8, 4) is 0 Å². The Balaban J connectivity index is 1.68. The Kier molecular flexibility index (Phi) is 4.14. The summed E-state index contributed by atoms with van der Waals surface area (Å²) in [5, 5.41) is 2.53. The summed E-state index contributed by atoms with van der Waals surface area (Å²) in [5.74, 6) is -2.34. The van der Waals surface area contributed by atoms with Gasteiger partial charge in [-0.15, -0.1) is 0 Å². The van der Waals surface area contributed by atoms with Crippen LogP contribution in [0.1, 0.15) is 15.9 Å². The smallest absolute Gasteiger partial charge is 0.255 e. The Morgan fingerprint density at radius 1 is 1.09 bits per heavy atom. The fourth-order valence-electron chi connectivity index (χ4n) is 2.13. The molecule has 0 fully saturated rings. The zero-order valence-electron chi connectivity index (χ0n) is 12.0. The number of hydrogen-bond acceptors (Lipinski definition) is 2. The SMILES string of the molecule is O=C(Nc1ccc(F)c(F)c1)c1ccc(Cn2ccnc2)cc1. The molecule has 116 valence electrons. The Hall–Kier alpha value is -3.02. The van der Waals surface area contributed by atoms with Crippen molar-refractivity contribution < 1.29 is 13.6 Å². The van der Waals surface area contributed by atoms with E-state index >= 15 is 0 Å². The van der Waals surface area contributed by atoms with Crippen molar-refractivity contribution in [2.24, 2.45) is 0 Å². The number of amides is 1. The molecule has 4 nitrogen and oxygen atoms in total. The zero-order chi connectivity index (χ0) is 16.2. The van der Waals surface area contributed by atoms with Gasteiger partial charge in [0.25, 0.3) is 5.91 Å². The first-order valence-electron chi connectivity index (χ1n) is 6.93. The second kappa shape index (κ2) is 6.39. The molecule has 0 unspecified atom stereocenters. The largest absolute Gasteiger partial charge is 0.333 e. The molecule has 1 aromatic heterocycles. The van der Waals surface area contributed by atoms with Crippen LogP contribution < -0.4 is 5.32 Å².